The van der Waals surface area contributed by atoms with Gasteiger partial charge in [-0.1, -0.05) is 12.1 Å². The van der Waals surface area contributed by atoms with Crippen LogP contribution in [0.1, 0.15) is 18.4 Å². The smallest absolute Gasteiger partial charge is 0.324 e. The number of rotatable bonds is 2. The van der Waals surface area contributed by atoms with Gasteiger partial charge in [0.05, 0.1) is 17.3 Å². The molecule has 104 valence electrons. The van der Waals surface area contributed by atoms with E-state index in [2.05, 4.69) is 5.32 Å². The number of benzene rings is 1. The number of likely N-dealkylation sites (tertiary alicyclic amines) is 1. The van der Waals surface area contributed by atoms with Crippen LogP contribution in [0.2, 0.25) is 0 Å². The predicted molar refractivity (Wildman–Crippen MR) is 65.7 cm³/mol. The van der Waals surface area contributed by atoms with Crippen molar-refractivity contribution in [1.29, 1.82) is 0 Å². The van der Waals surface area contributed by atoms with Gasteiger partial charge in [-0.2, -0.15) is 13.2 Å². The number of hydrogen-bond donors (Lipinski definition) is 1. The Hall–Kier alpha value is -1.56. The number of likely N-dealkylation sites (N-methyl/N-ethyl adjacent to an activating group) is 1. The second-order valence-electron chi connectivity index (χ2n) is 4.67. The fourth-order valence-corrected chi connectivity index (χ4v) is 2.30. The largest absolute Gasteiger partial charge is 0.418 e. The van der Waals surface area contributed by atoms with Crippen molar-refractivity contribution in [2.24, 2.45) is 0 Å². The van der Waals surface area contributed by atoms with Crippen LogP contribution in [-0.4, -0.2) is 30.4 Å². The van der Waals surface area contributed by atoms with E-state index in [-0.39, 0.29) is 17.6 Å². The van der Waals surface area contributed by atoms with E-state index in [1.165, 1.54) is 18.2 Å². The molecule has 1 heterocycles. The summed E-state index contributed by atoms with van der Waals surface area (Å²) in [6.07, 6.45) is -2.91. The molecule has 1 unspecified atom stereocenters. The highest BCUT2D eigenvalue weighted by atomic mass is 19.4. The van der Waals surface area contributed by atoms with Crippen LogP contribution < -0.4 is 5.32 Å². The zero-order chi connectivity index (χ0) is 14.0. The summed E-state index contributed by atoms with van der Waals surface area (Å²) in [5, 5.41) is 2.39. The van der Waals surface area contributed by atoms with Crippen LogP contribution in [0.3, 0.4) is 0 Å². The maximum atomic E-state index is 12.8. The van der Waals surface area contributed by atoms with E-state index in [4.69, 9.17) is 0 Å². The van der Waals surface area contributed by atoms with Crippen molar-refractivity contribution >= 4 is 11.6 Å². The number of anilines is 1. The third kappa shape index (κ3) is 3.07. The van der Waals surface area contributed by atoms with Crippen molar-refractivity contribution in [3.8, 4) is 0 Å². The van der Waals surface area contributed by atoms with E-state index >= 15 is 0 Å². The van der Waals surface area contributed by atoms with E-state index in [1.807, 2.05) is 4.90 Å². The summed E-state index contributed by atoms with van der Waals surface area (Å²) in [5.74, 6) is -0.378. The fourth-order valence-electron chi connectivity index (χ4n) is 2.30. The number of para-hydroxylation sites is 1. The molecular formula is C13H15F3N2O. The van der Waals surface area contributed by atoms with Gasteiger partial charge < -0.3 is 5.32 Å². The van der Waals surface area contributed by atoms with Gasteiger partial charge in [0.1, 0.15) is 0 Å². The zero-order valence-corrected chi connectivity index (χ0v) is 10.5. The number of alkyl halides is 3. The van der Waals surface area contributed by atoms with Crippen molar-refractivity contribution < 1.29 is 18.0 Å². The van der Waals surface area contributed by atoms with Crippen molar-refractivity contribution in [2.45, 2.75) is 25.1 Å². The molecule has 0 radical (unpaired) electrons. The molecule has 1 saturated heterocycles. The number of nitrogens with zero attached hydrogens (tertiary/aromatic N) is 1. The lowest BCUT2D eigenvalue weighted by Gasteiger charge is -2.20. The molecule has 0 bridgehead atoms. The normalized spacial score (nSPS) is 20.5. The summed E-state index contributed by atoms with van der Waals surface area (Å²) >= 11 is 0. The fraction of sp³-hybridized carbons (Fsp3) is 0.462. The van der Waals surface area contributed by atoms with E-state index < -0.39 is 11.7 Å². The number of hydrogen-bond acceptors (Lipinski definition) is 2. The molecule has 6 heteroatoms. The topological polar surface area (TPSA) is 32.3 Å². The van der Waals surface area contributed by atoms with Crippen molar-refractivity contribution in [3.63, 3.8) is 0 Å². The van der Waals surface area contributed by atoms with E-state index in [0.717, 1.165) is 19.0 Å². The second-order valence-corrected chi connectivity index (χ2v) is 4.67. The predicted octanol–water partition coefficient (Wildman–Crippen LogP) is 2.74. The first-order chi connectivity index (χ1) is 8.89. The molecule has 1 amide bonds. The summed E-state index contributed by atoms with van der Waals surface area (Å²) in [5.41, 5.74) is -0.996. The number of carbonyl (C=O) groups is 1. The minimum Gasteiger partial charge on any atom is -0.324 e. The van der Waals surface area contributed by atoms with E-state index in [9.17, 15) is 18.0 Å². The van der Waals surface area contributed by atoms with Gasteiger partial charge in [-0.3, -0.25) is 9.69 Å². The molecule has 1 atom stereocenters. The Morgan fingerprint density at radius 3 is 2.63 bits per heavy atom. The summed E-state index contributed by atoms with van der Waals surface area (Å²) in [7, 11) is 1.80. The molecule has 0 aliphatic carbocycles. The Bertz CT molecular complexity index is 473. The van der Waals surface area contributed by atoms with Gasteiger partial charge in [0.2, 0.25) is 5.91 Å². The molecule has 1 aromatic carbocycles. The number of nitrogens with one attached hydrogen (secondary N) is 1. The van der Waals surface area contributed by atoms with Crippen LogP contribution >= 0.6 is 0 Å². The van der Waals surface area contributed by atoms with Gasteiger partial charge in [-0.25, -0.2) is 0 Å². The molecule has 0 spiro atoms. The summed E-state index contributed by atoms with van der Waals surface area (Å²) in [4.78, 5) is 13.8. The van der Waals surface area contributed by atoms with Gasteiger partial charge >= 0.3 is 6.18 Å². The lowest BCUT2D eigenvalue weighted by Crippen LogP contribution is -2.37. The average molecular weight is 272 g/mol. The van der Waals surface area contributed by atoms with Crippen LogP contribution in [0.5, 0.6) is 0 Å². The second kappa shape index (κ2) is 5.21. The van der Waals surface area contributed by atoms with Crippen molar-refractivity contribution in [1.82, 2.24) is 4.90 Å². The molecule has 1 fully saturated rings. The Labute approximate surface area is 109 Å². The minimum atomic E-state index is -4.47. The Morgan fingerprint density at radius 2 is 2.05 bits per heavy atom. The summed E-state index contributed by atoms with van der Waals surface area (Å²) < 4.78 is 38.4. The van der Waals surface area contributed by atoms with Crippen LogP contribution in [0.15, 0.2) is 24.3 Å². The molecule has 19 heavy (non-hydrogen) atoms. The van der Waals surface area contributed by atoms with Gasteiger partial charge in [-0.05, 0) is 38.6 Å². The Kier molecular flexibility index (Phi) is 3.80. The monoisotopic (exact) mass is 272 g/mol. The molecule has 3 nitrogen and oxygen atoms in total. The number of carbonyl (C=O) groups excluding carboxylic acids is 1. The quantitative estimate of drug-likeness (QED) is 0.897. The highest BCUT2D eigenvalue weighted by Gasteiger charge is 2.35. The SMILES string of the molecule is CN1CCCC1C(=O)Nc1ccccc1C(F)(F)F. The third-order valence-corrected chi connectivity index (χ3v) is 3.31. The van der Waals surface area contributed by atoms with E-state index in [0.29, 0.717) is 6.42 Å². The minimum absolute atomic E-state index is 0.180. The lowest BCUT2D eigenvalue weighted by atomic mass is 10.1. The highest BCUT2D eigenvalue weighted by Crippen LogP contribution is 2.34. The molecule has 0 aromatic heterocycles. The zero-order valence-electron chi connectivity index (χ0n) is 10.5. The van der Waals surface area contributed by atoms with E-state index in [1.54, 1.807) is 7.05 Å². The molecular weight excluding hydrogens is 257 g/mol. The van der Waals surface area contributed by atoms with Crippen LogP contribution in [0.25, 0.3) is 0 Å². The highest BCUT2D eigenvalue weighted by molar-refractivity contribution is 5.95. The standard InChI is InChI=1S/C13H15F3N2O/c1-18-8-4-7-11(18)12(19)17-10-6-3-2-5-9(10)13(14,15)16/h2-3,5-6,11H,4,7-8H2,1H3,(H,17,19). The molecule has 1 aliphatic rings. The molecule has 2 rings (SSSR count). The first-order valence-electron chi connectivity index (χ1n) is 6.07. The van der Waals surface area contributed by atoms with Gasteiger partial charge in [0.15, 0.2) is 0 Å². The van der Waals surface area contributed by atoms with Gasteiger partial charge in [0.25, 0.3) is 0 Å². The van der Waals surface area contributed by atoms with Crippen LogP contribution in [0, 0.1) is 0 Å². The van der Waals surface area contributed by atoms with Crippen molar-refractivity contribution in [2.75, 3.05) is 18.9 Å². The molecule has 1 aliphatic heterocycles. The maximum absolute atomic E-state index is 12.8. The van der Waals surface area contributed by atoms with Crippen molar-refractivity contribution in [3.05, 3.63) is 29.8 Å². The average Bonchev–Trinajstić information content (AvgIpc) is 2.75. The first-order valence-corrected chi connectivity index (χ1v) is 6.07. The van der Waals surface area contributed by atoms with Crippen LogP contribution in [0.4, 0.5) is 18.9 Å². The van der Waals surface area contributed by atoms with Gasteiger partial charge in [-0.15, -0.1) is 0 Å². The summed E-state index contributed by atoms with van der Waals surface area (Å²) in [6.45, 7) is 0.791. The number of amides is 1. The first kappa shape index (κ1) is 13.9. The lowest BCUT2D eigenvalue weighted by molar-refractivity contribution is -0.137. The Morgan fingerprint density at radius 1 is 1.37 bits per heavy atom. The molecule has 1 aromatic rings. The maximum Gasteiger partial charge on any atom is 0.418 e. The third-order valence-electron chi connectivity index (χ3n) is 3.31. The number of halogens is 3. The van der Waals surface area contributed by atoms with Crippen LogP contribution in [-0.2, 0) is 11.0 Å². The molecule has 0 saturated carbocycles. The Balaban J connectivity index is 2.17. The summed E-state index contributed by atoms with van der Waals surface area (Å²) in [6, 6.07) is 4.67. The van der Waals surface area contributed by atoms with Gasteiger partial charge in [0, 0.05) is 0 Å². The molecule has 1 N–H and O–H groups in total.